The van der Waals surface area contributed by atoms with Gasteiger partial charge in [-0.15, -0.1) is 10.2 Å². The molecule has 0 atom stereocenters. The molecule has 0 aliphatic rings. The Morgan fingerprint density at radius 3 is 2.88 bits per heavy atom. The number of anilines is 1. The Bertz CT molecular complexity index is 829. The average molecular weight is 342 g/mol. The lowest BCUT2D eigenvalue weighted by atomic mass is 10.2. The zero-order valence-electron chi connectivity index (χ0n) is 12.5. The molecule has 0 unspecified atom stereocenters. The third-order valence-electron chi connectivity index (χ3n) is 2.99. The number of furan rings is 1. The van der Waals surface area contributed by atoms with E-state index < -0.39 is 0 Å². The summed E-state index contributed by atoms with van der Waals surface area (Å²) in [5, 5.41) is 12.2. The normalized spacial score (nSPS) is 11.0. The van der Waals surface area contributed by atoms with Crippen molar-refractivity contribution in [2.24, 2.45) is 5.10 Å². The number of rotatable bonds is 7. The maximum Gasteiger partial charge on any atom is 0.264 e. The molecular weight excluding hydrogens is 328 g/mol. The predicted molar refractivity (Wildman–Crippen MR) is 91.6 cm³/mol. The number of hydrogen-bond donors (Lipinski definition) is 2. The Balaban J connectivity index is 1.57. The molecule has 0 radical (unpaired) electrons. The number of hydrogen-bond acceptors (Lipinski definition) is 8. The molecule has 0 aliphatic carbocycles. The van der Waals surface area contributed by atoms with E-state index in [0.717, 1.165) is 0 Å². The monoisotopic (exact) mass is 342 g/mol. The second kappa shape index (κ2) is 7.47. The summed E-state index contributed by atoms with van der Waals surface area (Å²) in [7, 11) is 0. The van der Waals surface area contributed by atoms with E-state index in [1.807, 2.05) is 18.2 Å². The molecule has 2 aromatic heterocycles. The van der Waals surface area contributed by atoms with Gasteiger partial charge >= 0.3 is 0 Å². The van der Waals surface area contributed by atoms with Gasteiger partial charge in [0.1, 0.15) is 5.76 Å². The van der Waals surface area contributed by atoms with Crippen molar-refractivity contribution >= 4 is 29.7 Å². The Hall–Kier alpha value is -3.07. The Kier molecular flexibility index (Phi) is 4.92. The number of benzene rings is 1. The Labute approximate surface area is 141 Å². The predicted octanol–water partition coefficient (Wildman–Crippen LogP) is 2.01. The first-order valence-electron chi connectivity index (χ1n) is 6.98. The first kappa shape index (κ1) is 15.8. The number of nitrogens with zero attached hydrogens (tertiary/aromatic N) is 4. The van der Waals surface area contributed by atoms with Crippen LogP contribution in [0.2, 0.25) is 0 Å². The van der Waals surface area contributed by atoms with Crippen LogP contribution in [0.3, 0.4) is 0 Å². The van der Waals surface area contributed by atoms with E-state index in [9.17, 15) is 4.79 Å². The lowest BCUT2D eigenvalue weighted by molar-refractivity contribution is 0.102. The van der Waals surface area contributed by atoms with Crippen LogP contribution in [0.15, 0.2) is 63.4 Å². The van der Waals surface area contributed by atoms with E-state index in [1.54, 1.807) is 30.5 Å². The molecular formula is C15H14N6O2S. The summed E-state index contributed by atoms with van der Waals surface area (Å²) >= 11 is 1.21. The number of carbonyl (C=O) groups excluding carboxylic acids is 1. The first-order chi connectivity index (χ1) is 11.7. The van der Waals surface area contributed by atoms with E-state index in [2.05, 4.69) is 20.7 Å². The third-order valence-corrected chi connectivity index (χ3v) is 3.94. The van der Waals surface area contributed by atoms with Crippen LogP contribution in [0.25, 0.3) is 0 Å². The second-order valence-electron chi connectivity index (χ2n) is 4.64. The molecule has 0 fully saturated rings. The number of nitrogens with one attached hydrogen (secondary N) is 1. The topological polar surface area (TPSA) is 111 Å². The van der Waals surface area contributed by atoms with Crippen molar-refractivity contribution in [2.45, 2.75) is 5.16 Å². The number of carbonyl (C=O) groups is 1. The molecule has 0 aliphatic heterocycles. The minimum absolute atomic E-state index is 0.00560. The van der Waals surface area contributed by atoms with Crippen LogP contribution in [0.1, 0.15) is 16.1 Å². The van der Waals surface area contributed by atoms with Crippen LogP contribution in [-0.2, 0) is 0 Å². The van der Waals surface area contributed by atoms with E-state index in [0.29, 0.717) is 16.5 Å². The molecule has 0 bridgehead atoms. The number of aromatic nitrogens is 3. The summed E-state index contributed by atoms with van der Waals surface area (Å²) in [4.78, 5) is 12.1. The van der Waals surface area contributed by atoms with Crippen molar-refractivity contribution in [1.29, 1.82) is 0 Å². The third kappa shape index (κ3) is 3.82. The van der Waals surface area contributed by atoms with Gasteiger partial charge in [-0.05, 0) is 12.1 Å². The van der Waals surface area contributed by atoms with Crippen molar-refractivity contribution < 1.29 is 9.21 Å². The Morgan fingerprint density at radius 1 is 1.29 bits per heavy atom. The summed E-state index contributed by atoms with van der Waals surface area (Å²) in [5.41, 5.74) is 3.31. The van der Waals surface area contributed by atoms with Crippen molar-refractivity contribution in [2.75, 3.05) is 17.0 Å². The summed E-state index contributed by atoms with van der Waals surface area (Å²) in [6.45, 7) is 0. The van der Waals surface area contributed by atoms with Gasteiger partial charge in [0.05, 0.1) is 18.2 Å². The molecule has 0 saturated carbocycles. The SMILES string of the molecule is Nn1c(N/N=C/c2ccco2)nnc1SCC(=O)c1ccccc1. The molecule has 24 heavy (non-hydrogen) atoms. The molecule has 122 valence electrons. The fourth-order valence-electron chi connectivity index (χ4n) is 1.81. The highest BCUT2D eigenvalue weighted by molar-refractivity contribution is 7.99. The Morgan fingerprint density at radius 2 is 2.12 bits per heavy atom. The van der Waals surface area contributed by atoms with Gasteiger partial charge in [-0.1, -0.05) is 42.1 Å². The van der Waals surface area contributed by atoms with Gasteiger partial charge in [-0.3, -0.25) is 4.79 Å². The molecule has 3 rings (SSSR count). The molecule has 0 saturated heterocycles. The maximum absolute atomic E-state index is 12.1. The van der Waals surface area contributed by atoms with Crippen LogP contribution < -0.4 is 11.3 Å². The minimum atomic E-state index is -0.00560. The highest BCUT2D eigenvalue weighted by Crippen LogP contribution is 2.18. The zero-order valence-corrected chi connectivity index (χ0v) is 13.3. The fourth-order valence-corrected chi connectivity index (χ4v) is 2.56. The largest absolute Gasteiger partial charge is 0.463 e. The lowest BCUT2D eigenvalue weighted by Gasteiger charge is -2.02. The van der Waals surface area contributed by atoms with E-state index in [4.69, 9.17) is 10.3 Å². The number of hydrazone groups is 1. The van der Waals surface area contributed by atoms with Crippen LogP contribution in [-0.4, -0.2) is 32.6 Å². The second-order valence-corrected chi connectivity index (χ2v) is 5.58. The average Bonchev–Trinajstić information content (AvgIpc) is 3.25. The summed E-state index contributed by atoms with van der Waals surface area (Å²) in [6.07, 6.45) is 3.03. The summed E-state index contributed by atoms with van der Waals surface area (Å²) < 4.78 is 6.35. The van der Waals surface area contributed by atoms with Crippen molar-refractivity contribution in [3.63, 3.8) is 0 Å². The van der Waals surface area contributed by atoms with Gasteiger partial charge in [0.2, 0.25) is 5.16 Å². The highest BCUT2D eigenvalue weighted by Gasteiger charge is 2.12. The number of nitrogens with two attached hydrogens (primary N) is 1. The fraction of sp³-hybridized carbons (Fsp3) is 0.0667. The quantitative estimate of drug-likeness (QED) is 0.222. The van der Waals surface area contributed by atoms with Crippen molar-refractivity contribution in [3.8, 4) is 0 Å². The molecule has 0 spiro atoms. The molecule has 3 aromatic rings. The summed E-state index contributed by atoms with van der Waals surface area (Å²) in [6, 6.07) is 12.6. The van der Waals surface area contributed by atoms with E-state index in [-0.39, 0.29) is 17.5 Å². The maximum atomic E-state index is 12.1. The van der Waals surface area contributed by atoms with Crippen molar-refractivity contribution in [1.82, 2.24) is 14.9 Å². The van der Waals surface area contributed by atoms with E-state index in [1.165, 1.54) is 22.7 Å². The first-order valence-corrected chi connectivity index (χ1v) is 7.97. The smallest absolute Gasteiger partial charge is 0.264 e. The highest BCUT2D eigenvalue weighted by atomic mass is 32.2. The molecule has 1 aromatic carbocycles. The van der Waals surface area contributed by atoms with Gasteiger partial charge in [0.25, 0.3) is 5.95 Å². The zero-order chi connectivity index (χ0) is 16.8. The van der Waals surface area contributed by atoms with Gasteiger partial charge < -0.3 is 10.3 Å². The van der Waals surface area contributed by atoms with Gasteiger partial charge in [-0.25, -0.2) is 10.1 Å². The molecule has 3 N–H and O–H groups in total. The van der Waals surface area contributed by atoms with Gasteiger partial charge in [0.15, 0.2) is 5.78 Å². The number of Topliss-reactive ketones (excluding diaryl/α,β-unsaturated/α-hetero) is 1. The van der Waals surface area contributed by atoms with Gasteiger partial charge in [-0.2, -0.15) is 5.10 Å². The molecule has 8 nitrogen and oxygen atoms in total. The number of nitrogen functional groups attached to an aromatic ring is 1. The van der Waals surface area contributed by atoms with Crippen LogP contribution in [0.5, 0.6) is 0 Å². The molecule has 2 heterocycles. The van der Waals surface area contributed by atoms with Crippen LogP contribution in [0.4, 0.5) is 5.95 Å². The van der Waals surface area contributed by atoms with E-state index >= 15 is 0 Å². The minimum Gasteiger partial charge on any atom is -0.463 e. The standard InChI is InChI=1S/C15H14N6O2S/c16-21-14(18-17-9-12-7-4-8-23-12)19-20-15(21)24-10-13(22)11-5-2-1-3-6-11/h1-9H,10,16H2,(H,18,19)/b17-9+. The number of thioether (sulfide) groups is 1. The summed E-state index contributed by atoms with van der Waals surface area (Å²) in [5.74, 6) is 6.95. The van der Waals surface area contributed by atoms with Gasteiger partial charge in [0, 0.05) is 5.56 Å². The molecule has 0 amide bonds. The molecule has 9 heteroatoms. The van der Waals surface area contributed by atoms with Crippen molar-refractivity contribution in [3.05, 3.63) is 60.1 Å². The number of ketones is 1. The van der Waals surface area contributed by atoms with Crippen LogP contribution in [0, 0.1) is 0 Å². The van der Waals surface area contributed by atoms with Crippen LogP contribution >= 0.6 is 11.8 Å². The lowest BCUT2D eigenvalue weighted by Crippen LogP contribution is -2.14.